The van der Waals surface area contributed by atoms with Crippen molar-refractivity contribution in [2.75, 3.05) is 0 Å². The third kappa shape index (κ3) is 0.379. The van der Waals surface area contributed by atoms with E-state index in [1.807, 2.05) is 6.21 Å². The highest BCUT2D eigenvalue weighted by Crippen LogP contribution is 2.02. The van der Waals surface area contributed by atoms with Crippen molar-refractivity contribution in [1.29, 1.82) is 0 Å². The molecule has 0 saturated carbocycles. The average Bonchev–Trinajstić information content (AvgIpc) is 1.32. The molecular formula is C4H8N2. The Kier molecular flexibility index (Phi) is 0.457. The van der Waals surface area contributed by atoms with Crippen LogP contribution in [-0.4, -0.2) is 11.8 Å². The minimum atomic E-state index is 0.181. The molecule has 0 amide bonds. The van der Waals surface area contributed by atoms with Crippen LogP contribution in [0.3, 0.4) is 0 Å². The van der Waals surface area contributed by atoms with E-state index in [0.29, 0.717) is 0 Å². The first kappa shape index (κ1) is 3.65. The van der Waals surface area contributed by atoms with Gasteiger partial charge in [-0.15, -0.1) is 0 Å². The lowest BCUT2D eigenvalue weighted by Crippen LogP contribution is -2.45. The lowest BCUT2D eigenvalue weighted by Gasteiger charge is -2.26. The van der Waals surface area contributed by atoms with Gasteiger partial charge in [-0.05, 0) is 13.8 Å². The summed E-state index contributed by atoms with van der Waals surface area (Å²) < 4.78 is 0. The Morgan fingerprint density at radius 3 is 2.00 bits per heavy atom. The molecule has 1 rings (SSSR count). The van der Waals surface area contributed by atoms with Crippen molar-refractivity contribution in [2.24, 2.45) is 5.10 Å². The van der Waals surface area contributed by atoms with Crippen LogP contribution in [-0.2, 0) is 0 Å². The van der Waals surface area contributed by atoms with Gasteiger partial charge in [0.05, 0.1) is 11.8 Å². The van der Waals surface area contributed by atoms with Crippen molar-refractivity contribution >= 4 is 6.21 Å². The van der Waals surface area contributed by atoms with Crippen LogP contribution in [0.2, 0.25) is 0 Å². The first-order valence-electron chi connectivity index (χ1n) is 2.02. The summed E-state index contributed by atoms with van der Waals surface area (Å²) in [4.78, 5) is 0. The molecule has 0 radical (unpaired) electrons. The van der Waals surface area contributed by atoms with E-state index in [4.69, 9.17) is 0 Å². The summed E-state index contributed by atoms with van der Waals surface area (Å²) >= 11 is 0. The van der Waals surface area contributed by atoms with Crippen LogP contribution >= 0.6 is 0 Å². The van der Waals surface area contributed by atoms with Crippen molar-refractivity contribution in [2.45, 2.75) is 19.4 Å². The highest BCUT2D eigenvalue weighted by molar-refractivity contribution is 5.72. The molecule has 0 spiro atoms. The van der Waals surface area contributed by atoms with Gasteiger partial charge in [-0.1, -0.05) is 0 Å². The Hall–Kier alpha value is -0.530. The summed E-state index contributed by atoms with van der Waals surface area (Å²) in [5.41, 5.74) is 3.03. The van der Waals surface area contributed by atoms with E-state index in [9.17, 15) is 0 Å². The van der Waals surface area contributed by atoms with Gasteiger partial charge >= 0.3 is 0 Å². The molecule has 6 heavy (non-hydrogen) atoms. The number of hydrogen-bond donors (Lipinski definition) is 1. The van der Waals surface area contributed by atoms with Crippen molar-refractivity contribution in [3.8, 4) is 0 Å². The minimum Gasteiger partial charge on any atom is -0.299 e. The third-order valence-corrected chi connectivity index (χ3v) is 0.740. The predicted octanol–water partition coefficient (Wildman–Crippen LogP) is 0.354. The number of nitrogens with one attached hydrogen (secondary N) is 1. The molecular weight excluding hydrogens is 76.1 g/mol. The van der Waals surface area contributed by atoms with Gasteiger partial charge in [-0.2, -0.15) is 5.10 Å². The highest BCUT2D eigenvalue weighted by Gasteiger charge is 2.18. The maximum atomic E-state index is 3.69. The van der Waals surface area contributed by atoms with Gasteiger partial charge < -0.3 is 0 Å². The largest absolute Gasteiger partial charge is 0.299 e. The number of hydrogen-bond acceptors (Lipinski definition) is 2. The number of nitrogens with zero attached hydrogens (tertiary/aromatic N) is 1. The first-order chi connectivity index (χ1) is 2.71. The van der Waals surface area contributed by atoms with Crippen molar-refractivity contribution in [3.63, 3.8) is 0 Å². The molecule has 0 aliphatic carbocycles. The number of hydrazone groups is 1. The molecule has 0 aromatic rings. The molecule has 34 valence electrons. The van der Waals surface area contributed by atoms with Crippen LogP contribution < -0.4 is 5.43 Å². The molecule has 0 bridgehead atoms. The molecule has 1 N–H and O–H groups in total. The lowest BCUT2D eigenvalue weighted by molar-refractivity contribution is 0.482. The van der Waals surface area contributed by atoms with Crippen molar-refractivity contribution in [3.05, 3.63) is 0 Å². The molecule has 0 aromatic heterocycles. The molecule has 0 saturated heterocycles. The minimum absolute atomic E-state index is 0.181. The van der Waals surface area contributed by atoms with E-state index in [1.165, 1.54) is 0 Å². The Balaban J connectivity index is 2.57. The predicted molar refractivity (Wildman–Crippen MR) is 25.7 cm³/mol. The summed E-state index contributed by atoms with van der Waals surface area (Å²) in [6.07, 6.45) is 1.88. The zero-order valence-electron chi connectivity index (χ0n) is 4.02. The van der Waals surface area contributed by atoms with E-state index in [1.54, 1.807) is 0 Å². The Morgan fingerprint density at radius 2 is 2.00 bits per heavy atom. The van der Waals surface area contributed by atoms with Crippen LogP contribution in [0.25, 0.3) is 0 Å². The monoisotopic (exact) mass is 84.1 g/mol. The average molecular weight is 84.1 g/mol. The fourth-order valence-electron chi connectivity index (χ4n) is 0.323. The van der Waals surface area contributed by atoms with E-state index in [0.717, 1.165) is 0 Å². The van der Waals surface area contributed by atoms with Crippen molar-refractivity contribution in [1.82, 2.24) is 5.43 Å². The van der Waals surface area contributed by atoms with Crippen LogP contribution in [0.1, 0.15) is 13.8 Å². The van der Waals surface area contributed by atoms with Gasteiger partial charge in [0.1, 0.15) is 0 Å². The molecule has 1 aliphatic heterocycles. The SMILES string of the molecule is CC1(C)C=NN1. The fraction of sp³-hybridized carbons (Fsp3) is 0.750. The van der Waals surface area contributed by atoms with Crippen LogP contribution in [0, 0.1) is 0 Å². The normalized spacial score (nSPS) is 25.0. The number of rotatable bonds is 0. The zero-order chi connectivity index (χ0) is 4.62. The molecule has 0 atom stereocenters. The summed E-state index contributed by atoms with van der Waals surface area (Å²) in [5.74, 6) is 0. The first-order valence-corrected chi connectivity index (χ1v) is 2.02. The van der Waals surface area contributed by atoms with Gasteiger partial charge in [0.25, 0.3) is 0 Å². The van der Waals surface area contributed by atoms with Crippen LogP contribution in [0.4, 0.5) is 0 Å². The third-order valence-electron chi connectivity index (χ3n) is 0.740. The standard InChI is InChI=1S/C4H8N2/c1-4(2)3-5-6-4/h3,6H,1-2H3. The Morgan fingerprint density at radius 1 is 1.67 bits per heavy atom. The molecule has 2 heteroatoms. The van der Waals surface area contributed by atoms with Crippen LogP contribution in [0.15, 0.2) is 5.10 Å². The molecule has 0 aromatic carbocycles. The smallest absolute Gasteiger partial charge is 0.0859 e. The van der Waals surface area contributed by atoms with E-state index in [2.05, 4.69) is 24.4 Å². The quantitative estimate of drug-likeness (QED) is 0.450. The second kappa shape index (κ2) is 0.750. The lowest BCUT2D eigenvalue weighted by atomic mass is 10.1. The van der Waals surface area contributed by atoms with Gasteiger partial charge in [0, 0.05) is 0 Å². The van der Waals surface area contributed by atoms with Crippen LogP contribution in [0.5, 0.6) is 0 Å². The fourth-order valence-corrected chi connectivity index (χ4v) is 0.323. The molecule has 1 aliphatic rings. The summed E-state index contributed by atoms with van der Waals surface area (Å²) in [6.45, 7) is 4.14. The van der Waals surface area contributed by atoms with Gasteiger partial charge in [-0.3, -0.25) is 5.43 Å². The topological polar surface area (TPSA) is 24.4 Å². The van der Waals surface area contributed by atoms with E-state index >= 15 is 0 Å². The van der Waals surface area contributed by atoms with Crippen molar-refractivity contribution < 1.29 is 0 Å². The maximum absolute atomic E-state index is 3.69. The van der Waals surface area contributed by atoms with E-state index in [-0.39, 0.29) is 5.54 Å². The Labute approximate surface area is 37.2 Å². The van der Waals surface area contributed by atoms with Gasteiger partial charge in [0.2, 0.25) is 0 Å². The van der Waals surface area contributed by atoms with Gasteiger partial charge in [0.15, 0.2) is 0 Å². The molecule has 1 heterocycles. The Bertz CT molecular complexity index is 83.5. The zero-order valence-corrected chi connectivity index (χ0v) is 4.02. The van der Waals surface area contributed by atoms with Gasteiger partial charge in [-0.25, -0.2) is 0 Å². The second-order valence-corrected chi connectivity index (χ2v) is 2.09. The maximum Gasteiger partial charge on any atom is 0.0859 e. The molecule has 0 unspecified atom stereocenters. The summed E-state index contributed by atoms with van der Waals surface area (Å²) in [7, 11) is 0. The van der Waals surface area contributed by atoms with E-state index < -0.39 is 0 Å². The summed E-state index contributed by atoms with van der Waals surface area (Å²) in [5, 5.41) is 3.69. The summed E-state index contributed by atoms with van der Waals surface area (Å²) in [6, 6.07) is 0. The molecule has 0 fully saturated rings. The molecule has 2 nitrogen and oxygen atoms in total. The highest BCUT2D eigenvalue weighted by atomic mass is 15.4. The second-order valence-electron chi connectivity index (χ2n) is 2.09.